The summed E-state index contributed by atoms with van der Waals surface area (Å²) in [5, 5.41) is 0.0959. The van der Waals surface area contributed by atoms with Crippen LogP contribution in [0.4, 0.5) is 5.69 Å². The summed E-state index contributed by atoms with van der Waals surface area (Å²) in [7, 11) is 1.57. The molecule has 2 unspecified atom stereocenters. The van der Waals surface area contributed by atoms with Gasteiger partial charge in [-0.2, -0.15) is 0 Å². The number of carbonyl (C=O) groups excluding carboxylic acids is 2. The lowest BCUT2D eigenvalue weighted by Crippen LogP contribution is -2.32. The normalized spacial score (nSPS) is 22.3. The summed E-state index contributed by atoms with van der Waals surface area (Å²) in [5.74, 6) is -0.776. The Morgan fingerprint density at radius 1 is 0.939 bits per heavy atom. The van der Waals surface area contributed by atoms with E-state index in [-0.39, 0.29) is 28.0 Å². The van der Waals surface area contributed by atoms with Crippen LogP contribution in [0.2, 0.25) is 0 Å². The standard InChI is InChI=1S/C25H24N2O4S2/c1-25(2,3)14-7-5-13(6-8-14)17-18-20(32-21-19(17)33-24(30)26-21)23(29)27(22(18)28)15-9-11-16(31-4)12-10-15/h5-12,17-18,20H,1-4H3,(H,26,30)/t17-,18?,20?/m1/s1. The van der Waals surface area contributed by atoms with Crippen LogP contribution >= 0.6 is 23.1 Å². The highest BCUT2D eigenvalue weighted by Gasteiger charge is 2.56. The number of methoxy groups -OCH3 is 1. The molecule has 0 saturated carbocycles. The zero-order valence-electron chi connectivity index (χ0n) is 18.7. The smallest absolute Gasteiger partial charge is 0.305 e. The third-order valence-electron chi connectivity index (χ3n) is 6.29. The Morgan fingerprint density at radius 2 is 1.61 bits per heavy atom. The van der Waals surface area contributed by atoms with Crippen molar-refractivity contribution in [2.75, 3.05) is 12.0 Å². The van der Waals surface area contributed by atoms with Crippen molar-refractivity contribution in [2.45, 2.75) is 42.4 Å². The molecule has 2 aromatic carbocycles. The summed E-state index contributed by atoms with van der Waals surface area (Å²) in [6, 6.07) is 15.1. The molecular weight excluding hydrogens is 456 g/mol. The molecule has 2 aliphatic heterocycles. The van der Waals surface area contributed by atoms with Crippen molar-refractivity contribution < 1.29 is 14.3 Å². The SMILES string of the molecule is COc1ccc(N2C(=O)C3Sc4[nH]c(=O)sc4[C@H](c4ccc(C(C)(C)C)cc4)C3C2=O)cc1. The minimum atomic E-state index is -0.593. The number of hydrogen-bond acceptors (Lipinski definition) is 6. The number of aromatic amines is 1. The topological polar surface area (TPSA) is 79.5 Å². The first-order valence-electron chi connectivity index (χ1n) is 10.7. The Morgan fingerprint density at radius 3 is 2.21 bits per heavy atom. The number of hydrogen-bond donors (Lipinski definition) is 1. The van der Waals surface area contributed by atoms with Crippen LogP contribution < -0.4 is 14.5 Å². The summed E-state index contributed by atoms with van der Waals surface area (Å²) < 4.78 is 5.21. The minimum absolute atomic E-state index is 0.00213. The van der Waals surface area contributed by atoms with Gasteiger partial charge in [-0.15, -0.1) is 0 Å². The second-order valence-corrected chi connectivity index (χ2v) is 11.5. The van der Waals surface area contributed by atoms with Crippen LogP contribution in [0.1, 0.15) is 42.7 Å². The zero-order valence-corrected chi connectivity index (χ0v) is 20.4. The molecule has 170 valence electrons. The van der Waals surface area contributed by atoms with E-state index < -0.39 is 11.2 Å². The number of H-pyrrole nitrogens is 1. The van der Waals surface area contributed by atoms with E-state index in [2.05, 4.69) is 37.9 Å². The number of carbonyl (C=O) groups is 2. The first kappa shape index (κ1) is 22.0. The molecule has 8 heteroatoms. The molecule has 1 N–H and O–H groups in total. The first-order chi connectivity index (χ1) is 15.7. The van der Waals surface area contributed by atoms with Gasteiger partial charge in [0.2, 0.25) is 11.8 Å². The molecular formula is C25H24N2O4S2. The predicted molar refractivity (Wildman–Crippen MR) is 131 cm³/mol. The fourth-order valence-corrected chi connectivity index (χ4v) is 7.07. The molecule has 5 rings (SSSR count). The molecule has 2 amide bonds. The van der Waals surface area contributed by atoms with Crippen molar-refractivity contribution in [3.05, 3.63) is 74.2 Å². The second kappa shape index (κ2) is 7.88. The van der Waals surface area contributed by atoms with Gasteiger partial charge in [-0.05, 0) is 40.8 Å². The third kappa shape index (κ3) is 3.61. The molecule has 1 aromatic heterocycles. The molecule has 33 heavy (non-hydrogen) atoms. The van der Waals surface area contributed by atoms with Gasteiger partial charge >= 0.3 is 4.87 Å². The van der Waals surface area contributed by atoms with Gasteiger partial charge in [-0.1, -0.05) is 68.1 Å². The number of thiazole rings is 1. The number of imide groups is 1. The fraction of sp³-hybridized carbons (Fsp3) is 0.320. The molecule has 0 bridgehead atoms. The van der Waals surface area contributed by atoms with E-state index in [4.69, 9.17) is 4.74 Å². The molecule has 2 aliphatic rings. The van der Waals surface area contributed by atoms with Crippen LogP contribution in [0, 0.1) is 5.92 Å². The van der Waals surface area contributed by atoms with E-state index in [1.54, 1.807) is 31.4 Å². The molecule has 1 fully saturated rings. The van der Waals surface area contributed by atoms with E-state index in [0.29, 0.717) is 16.5 Å². The summed E-state index contributed by atoms with van der Waals surface area (Å²) in [4.78, 5) is 44.2. The zero-order chi connectivity index (χ0) is 23.5. The Labute approximate surface area is 200 Å². The van der Waals surface area contributed by atoms with Crippen LogP contribution in [0.3, 0.4) is 0 Å². The third-order valence-corrected chi connectivity index (χ3v) is 8.69. The number of amides is 2. The van der Waals surface area contributed by atoms with Gasteiger partial charge < -0.3 is 9.72 Å². The lowest BCUT2D eigenvalue weighted by atomic mass is 9.81. The Hall–Kier alpha value is -2.84. The van der Waals surface area contributed by atoms with Crippen molar-refractivity contribution in [3.63, 3.8) is 0 Å². The van der Waals surface area contributed by atoms with E-state index in [1.807, 2.05) is 12.1 Å². The second-order valence-electron chi connectivity index (χ2n) is 9.33. The molecule has 0 radical (unpaired) electrons. The molecule has 6 nitrogen and oxygen atoms in total. The summed E-state index contributed by atoms with van der Waals surface area (Å²) in [5.41, 5.74) is 2.65. The maximum Gasteiger partial charge on any atom is 0.305 e. The van der Waals surface area contributed by atoms with Crippen molar-refractivity contribution in [1.82, 2.24) is 4.98 Å². The summed E-state index contributed by atoms with van der Waals surface area (Å²) in [6.45, 7) is 6.45. The fourth-order valence-electron chi connectivity index (χ4n) is 4.55. The number of thioether (sulfide) groups is 1. The maximum atomic E-state index is 13.7. The molecule has 3 atom stereocenters. The van der Waals surface area contributed by atoms with E-state index in [1.165, 1.54) is 22.2 Å². The number of nitrogens with zero attached hydrogens (tertiary/aromatic N) is 1. The van der Waals surface area contributed by atoms with Gasteiger partial charge in [0.15, 0.2) is 0 Å². The maximum absolute atomic E-state index is 13.7. The number of ether oxygens (including phenoxy) is 1. The summed E-state index contributed by atoms with van der Waals surface area (Å²) >= 11 is 2.42. The van der Waals surface area contributed by atoms with E-state index in [0.717, 1.165) is 21.8 Å². The van der Waals surface area contributed by atoms with Gasteiger partial charge in [0, 0.05) is 10.8 Å². The summed E-state index contributed by atoms with van der Waals surface area (Å²) in [6.07, 6.45) is 0. The van der Waals surface area contributed by atoms with Crippen molar-refractivity contribution in [3.8, 4) is 5.75 Å². The number of aromatic nitrogens is 1. The van der Waals surface area contributed by atoms with E-state index in [9.17, 15) is 14.4 Å². The van der Waals surface area contributed by atoms with Gasteiger partial charge in [0.05, 0.1) is 23.7 Å². The highest BCUT2D eigenvalue weighted by atomic mass is 32.2. The Kier molecular flexibility index (Phi) is 5.25. The van der Waals surface area contributed by atoms with Crippen molar-refractivity contribution >= 4 is 40.6 Å². The van der Waals surface area contributed by atoms with Crippen LogP contribution in [0.5, 0.6) is 5.75 Å². The number of nitrogens with one attached hydrogen (secondary N) is 1. The Bertz CT molecular complexity index is 1290. The van der Waals surface area contributed by atoms with Gasteiger partial charge in [0.1, 0.15) is 11.0 Å². The van der Waals surface area contributed by atoms with Crippen LogP contribution in [-0.4, -0.2) is 29.2 Å². The number of benzene rings is 2. The van der Waals surface area contributed by atoms with E-state index >= 15 is 0 Å². The number of rotatable bonds is 3. The monoisotopic (exact) mass is 480 g/mol. The highest BCUT2D eigenvalue weighted by Crippen LogP contribution is 2.53. The van der Waals surface area contributed by atoms with Gasteiger partial charge in [0.25, 0.3) is 0 Å². The van der Waals surface area contributed by atoms with Crippen molar-refractivity contribution in [1.29, 1.82) is 0 Å². The number of anilines is 1. The number of fused-ring (bicyclic) bond motifs is 2. The quantitative estimate of drug-likeness (QED) is 0.557. The highest BCUT2D eigenvalue weighted by molar-refractivity contribution is 8.00. The molecule has 0 spiro atoms. The molecule has 1 saturated heterocycles. The molecule has 0 aliphatic carbocycles. The predicted octanol–water partition coefficient (Wildman–Crippen LogP) is 4.54. The molecule has 3 heterocycles. The lowest BCUT2D eigenvalue weighted by Gasteiger charge is -2.30. The molecule has 3 aromatic rings. The van der Waals surface area contributed by atoms with Crippen molar-refractivity contribution in [2.24, 2.45) is 5.92 Å². The lowest BCUT2D eigenvalue weighted by molar-refractivity contribution is -0.122. The Balaban J connectivity index is 1.59. The average Bonchev–Trinajstić information content (AvgIpc) is 3.28. The van der Waals surface area contributed by atoms with Crippen LogP contribution in [0.15, 0.2) is 58.4 Å². The minimum Gasteiger partial charge on any atom is -0.497 e. The first-order valence-corrected chi connectivity index (χ1v) is 12.4. The largest absolute Gasteiger partial charge is 0.497 e. The van der Waals surface area contributed by atoms with Crippen LogP contribution in [-0.2, 0) is 15.0 Å². The average molecular weight is 481 g/mol. The van der Waals surface area contributed by atoms with Crippen LogP contribution in [0.25, 0.3) is 0 Å². The van der Waals surface area contributed by atoms with Gasteiger partial charge in [-0.25, -0.2) is 4.90 Å². The van der Waals surface area contributed by atoms with Gasteiger partial charge in [-0.3, -0.25) is 14.4 Å².